The Morgan fingerprint density at radius 1 is 1.40 bits per heavy atom. The molecule has 0 bridgehead atoms. The normalized spacial score (nSPS) is 18.3. The van der Waals surface area contributed by atoms with Gasteiger partial charge < -0.3 is 4.74 Å². The standard InChI is InChI=1S/C12H19NOS/c1-3-12-10(2)15-9-11(12)8-13-4-6-14-7-5-13/h9H,3-8H2,1-2H3. The summed E-state index contributed by atoms with van der Waals surface area (Å²) in [5.41, 5.74) is 3.09. The average molecular weight is 225 g/mol. The monoisotopic (exact) mass is 225 g/mol. The van der Waals surface area contributed by atoms with Crippen LogP contribution in [0.1, 0.15) is 22.9 Å². The van der Waals surface area contributed by atoms with Gasteiger partial charge in [0.2, 0.25) is 0 Å². The van der Waals surface area contributed by atoms with Crippen LogP contribution in [0.3, 0.4) is 0 Å². The van der Waals surface area contributed by atoms with Gasteiger partial charge in [-0.3, -0.25) is 4.90 Å². The maximum atomic E-state index is 5.36. The second kappa shape index (κ2) is 5.10. The Hall–Kier alpha value is -0.380. The molecule has 0 radical (unpaired) electrons. The third kappa shape index (κ3) is 2.60. The molecule has 0 amide bonds. The molecule has 1 aliphatic heterocycles. The van der Waals surface area contributed by atoms with Gasteiger partial charge in [0.1, 0.15) is 0 Å². The van der Waals surface area contributed by atoms with Crippen molar-refractivity contribution < 1.29 is 4.74 Å². The van der Waals surface area contributed by atoms with Crippen molar-refractivity contribution in [2.45, 2.75) is 26.8 Å². The summed E-state index contributed by atoms with van der Waals surface area (Å²) in [7, 11) is 0. The van der Waals surface area contributed by atoms with Gasteiger partial charge in [-0.05, 0) is 29.9 Å². The second-order valence-corrected chi connectivity index (χ2v) is 5.12. The highest BCUT2D eigenvalue weighted by molar-refractivity contribution is 7.10. The van der Waals surface area contributed by atoms with Crippen molar-refractivity contribution in [1.82, 2.24) is 4.90 Å². The summed E-state index contributed by atoms with van der Waals surface area (Å²) >= 11 is 1.89. The van der Waals surface area contributed by atoms with Crippen molar-refractivity contribution >= 4 is 11.3 Å². The highest BCUT2D eigenvalue weighted by Gasteiger charge is 2.14. The van der Waals surface area contributed by atoms with Gasteiger partial charge in [-0.1, -0.05) is 6.92 Å². The molecule has 1 saturated heterocycles. The van der Waals surface area contributed by atoms with E-state index in [1.54, 1.807) is 5.56 Å². The lowest BCUT2D eigenvalue weighted by Crippen LogP contribution is -2.35. The predicted octanol–water partition coefficient (Wildman–Crippen LogP) is 2.45. The average Bonchev–Trinajstić information content (AvgIpc) is 2.61. The first-order valence-electron chi connectivity index (χ1n) is 5.67. The lowest BCUT2D eigenvalue weighted by molar-refractivity contribution is 0.0341. The minimum absolute atomic E-state index is 0.893. The van der Waals surface area contributed by atoms with Gasteiger partial charge in [0.05, 0.1) is 13.2 Å². The summed E-state index contributed by atoms with van der Waals surface area (Å²) in [6, 6.07) is 0. The second-order valence-electron chi connectivity index (χ2n) is 4.04. The van der Waals surface area contributed by atoms with Crippen molar-refractivity contribution in [2.24, 2.45) is 0 Å². The molecule has 1 fully saturated rings. The van der Waals surface area contributed by atoms with Gasteiger partial charge in [-0.15, -0.1) is 11.3 Å². The van der Waals surface area contributed by atoms with Crippen LogP contribution in [0.4, 0.5) is 0 Å². The molecule has 0 unspecified atom stereocenters. The molecule has 0 N–H and O–H groups in total. The van der Waals surface area contributed by atoms with Crippen molar-refractivity contribution in [2.75, 3.05) is 26.3 Å². The van der Waals surface area contributed by atoms with E-state index in [9.17, 15) is 0 Å². The van der Waals surface area contributed by atoms with Crippen LogP contribution in [-0.4, -0.2) is 31.2 Å². The molecule has 0 aliphatic carbocycles. The van der Waals surface area contributed by atoms with Crippen LogP contribution >= 0.6 is 11.3 Å². The van der Waals surface area contributed by atoms with Crippen LogP contribution in [0.2, 0.25) is 0 Å². The van der Waals surface area contributed by atoms with Crippen LogP contribution in [-0.2, 0) is 17.7 Å². The van der Waals surface area contributed by atoms with Crippen LogP contribution in [0, 0.1) is 6.92 Å². The summed E-state index contributed by atoms with van der Waals surface area (Å²) in [6.07, 6.45) is 1.16. The van der Waals surface area contributed by atoms with Gasteiger partial charge in [-0.2, -0.15) is 0 Å². The number of hydrogen-bond acceptors (Lipinski definition) is 3. The lowest BCUT2D eigenvalue weighted by Gasteiger charge is -2.26. The Bertz CT molecular complexity index is 315. The largest absolute Gasteiger partial charge is 0.379 e. The van der Waals surface area contributed by atoms with E-state index >= 15 is 0 Å². The van der Waals surface area contributed by atoms with Crippen LogP contribution in [0.15, 0.2) is 5.38 Å². The molecular weight excluding hydrogens is 206 g/mol. The SMILES string of the molecule is CCc1c(CN2CCOCC2)csc1C. The topological polar surface area (TPSA) is 12.5 Å². The van der Waals surface area contributed by atoms with Gasteiger partial charge in [0.25, 0.3) is 0 Å². The van der Waals surface area contributed by atoms with Gasteiger partial charge in [0.15, 0.2) is 0 Å². The molecule has 0 atom stereocenters. The molecule has 1 aromatic rings. The summed E-state index contributed by atoms with van der Waals surface area (Å²) < 4.78 is 5.36. The molecule has 2 rings (SSSR count). The van der Waals surface area contributed by atoms with Gasteiger partial charge in [-0.25, -0.2) is 0 Å². The van der Waals surface area contributed by atoms with Gasteiger partial charge in [0, 0.05) is 24.5 Å². The number of ether oxygens (including phenoxy) is 1. The maximum absolute atomic E-state index is 5.36. The van der Waals surface area contributed by atoms with E-state index in [0.717, 1.165) is 39.3 Å². The van der Waals surface area contributed by atoms with Crippen molar-refractivity contribution in [3.63, 3.8) is 0 Å². The Labute approximate surface area is 95.9 Å². The van der Waals surface area contributed by atoms with Crippen molar-refractivity contribution in [3.05, 3.63) is 21.4 Å². The minimum atomic E-state index is 0.893. The smallest absolute Gasteiger partial charge is 0.0594 e. The summed E-state index contributed by atoms with van der Waals surface area (Å²) in [4.78, 5) is 3.98. The highest BCUT2D eigenvalue weighted by atomic mass is 32.1. The van der Waals surface area contributed by atoms with Gasteiger partial charge >= 0.3 is 0 Å². The molecule has 0 aromatic carbocycles. The van der Waals surface area contributed by atoms with Crippen molar-refractivity contribution in [3.8, 4) is 0 Å². The molecule has 2 nitrogen and oxygen atoms in total. The number of nitrogens with zero attached hydrogens (tertiary/aromatic N) is 1. The summed E-state index contributed by atoms with van der Waals surface area (Å²) in [6.45, 7) is 9.53. The molecule has 84 valence electrons. The van der Waals surface area contributed by atoms with E-state index in [2.05, 4.69) is 24.1 Å². The van der Waals surface area contributed by atoms with E-state index in [1.165, 1.54) is 10.4 Å². The number of morpholine rings is 1. The fraction of sp³-hybridized carbons (Fsp3) is 0.667. The Morgan fingerprint density at radius 2 is 2.13 bits per heavy atom. The zero-order valence-corrected chi connectivity index (χ0v) is 10.4. The first-order chi connectivity index (χ1) is 7.31. The number of hydrogen-bond donors (Lipinski definition) is 0. The van der Waals surface area contributed by atoms with Crippen LogP contribution in [0.25, 0.3) is 0 Å². The molecule has 2 heterocycles. The third-order valence-electron chi connectivity index (χ3n) is 3.04. The first-order valence-corrected chi connectivity index (χ1v) is 6.55. The number of aryl methyl sites for hydroxylation is 1. The Balaban J connectivity index is 2.02. The Morgan fingerprint density at radius 3 is 2.80 bits per heavy atom. The summed E-state index contributed by atoms with van der Waals surface area (Å²) in [5.74, 6) is 0. The van der Waals surface area contributed by atoms with Crippen LogP contribution in [0.5, 0.6) is 0 Å². The molecular formula is C12H19NOS. The van der Waals surface area contributed by atoms with E-state index in [1.807, 2.05) is 11.3 Å². The van der Waals surface area contributed by atoms with E-state index in [4.69, 9.17) is 4.74 Å². The quantitative estimate of drug-likeness (QED) is 0.783. The molecule has 15 heavy (non-hydrogen) atoms. The molecule has 1 aromatic heterocycles. The molecule has 0 spiro atoms. The third-order valence-corrected chi connectivity index (χ3v) is 4.04. The van der Waals surface area contributed by atoms with E-state index in [0.29, 0.717) is 0 Å². The molecule has 0 saturated carbocycles. The first kappa shape index (κ1) is 11.1. The zero-order valence-electron chi connectivity index (χ0n) is 9.58. The predicted molar refractivity (Wildman–Crippen MR) is 64.5 cm³/mol. The lowest BCUT2D eigenvalue weighted by atomic mass is 10.1. The van der Waals surface area contributed by atoms with E-state index < -0.39 is 0 Å². The fourth-order valence-corrected chi connectivity index (χ4v) is 3.09. The number of rotatable bonds is 3. The molecule has 3 heteroatoms. The fourth-order valence-electron chi connectivity index (χ4n) is 2.14. The van der Waals surface area contributed by atoms with Crippen LogP contribution < -0.4 is 0 Å². The maximum Gasteiger partial charge on any atom is 0.0594 e. The highest BCUT2D eigenvalue weighted by Crippen LogP contribution is 2.23. The number of thiophene rings is 1. The minimum Gasteiger partial charge on any atom is -0.379 e. The zero-order chi connectivity index (χ0) is 10.7. The van der Waals surface area contributed by atoms with E-state index in [-0.39, 0.29) is 0 Å². The molecule has 1 aliphatic rings. The summed E-state index contributed by atoms with van der Waals surface area (Å²) in [5, 5.41) is 2.32. The van der Waals surface area contributed by atoms with Crippen molar-refractivity contribution in [1.29, 1.82) is 0 Å². The Kier molecular flexibility index (Phi) is 3.78.